The molecule has 6 rings (SSSR count). The van der Waals surface area contributed by atoms with Crippen LogP contribution in [0, 0.1) is 28.9 Å². The molecule has 10 nitrogen and oxygen atoms in total. The molecule has 4 aromatic heterocycles. The lowest BCUT2D eigenvalue weighted by Gasteiger charge is -2.23. The largest absolute Gasteiger partial charge is 0.346 e. The molecule has 0 fully saturated rings. The summed E-state index contributed by atoms with van der Waals surface area (Å²) in [6.07, 6.45) is -3.09. The van der Waals surface area contributed by atoms with Crippen LogP contribution in [0.5, 0.6) is 0 Å². The number of rotatable bonds is 10. The summed E-state index contributed by atoms with van der Waals surface area (Å²) in [7, 11) is -1.56. The molecule has 5 aromatic rings. The van der Waals surface area contributed by atoms with Gasteiger partial charge in [0.1, 0.15) is 51.4 Å². The van der Waals surface area contributed by atoms with E-state index < -0.39 is 76.7 Å². The molecule has 1 aliphatic rings. The predicted molar refractivity (Wildman–Crippen MR) is 197 cm³/mol. The lowest BCUT2D eigenvalue weighted by molar-refractivity contribution is -0.122. The highest BCUT2D eigenvalue weighted by Crippen LogP contribution is 2.45. The predicted octanol–water partition coefficient (Wildman–Crippen LogP) is 8.12. The first-order valence-corrected chi connectivity index (χ1v) is 19.0. The molecule has 1 aromatic carbocycles. The molecule has 0 bridgehead atoms. The second-order valence-electron chi connectivity index (χ2n) is 13.4. The fourth-order valence-corrected chi connectivity index (χ4v) is 6.69. The molecule has 4 heterocycles. The van der Waals surface area contributed by atoms with E-state index in [1.54, 1.807) is 18.2 Å². The Morgan fingerprint density at radius 2 is 1.71 bits per heavy atom. The van der Waals surface area contributed by atoms with Crippen LogP contribution in [-0.2, 0) is 41.1 Å². The first kappa shape index (κ1) is 41.2. The second kappa shape index (κ2) is 16.4. The van der Waals surface area contributed by atoms with Gasteiger partial charge in [0, 0.05) is 40.8 Å². The van der Waals surface area contributed by atoms with Crippen molar-refractivity contribution in [2.75, 3.05) is 11.0 Å². The standard InChI is InChI=1S/C35H31ClF6N8O2S.C2H6/c1-34(2,3)11-9-21-5-6-22(23-7-8-26(36)50-32(23)45-46-33(50)48-53(4)52)28(43-21)25(15-18-13-19(37)16-20(38)14-18)44-27(51)17-49-30-24(10-12-35(30,41)42)29(47-49)31(39)40;1-2/h5-8,13-14,16,25,31H,10,12,15,17H2,1-4H3,(H,44,51)(H,46,48);1-2H3. The molecule has 2 atom stereocenters. The number of alkyl halides is 4. The Kier molecular flexibility index (Phi) is 12.3. The topological polar surface area (TPSA) is 119 Å². The monoisotopic (exact) mass is 806 g/mol. The smallest absolute Gasteiger partial charge is 0.290 e. The van der Waals surface area contributed by atoms with Crippen LogP contribution in [0.15, 0.2) is 42.5 Å². The minimum atomic E-state index is -3.50. The van der Waals surface area contributed by atoms with Gasteiger partial charge in [-0.3, -0.25) is 14.2 Å². The number of hydrogen-bond acceptors (Lipinski definition) is 6. The number of benzene rings is 1. The molecule has 0 aliphatic heterocycles. The van der Waals surface area contributed by atoms with Crippen molar-refractivity contribution in [3.63, 3.8) is 0 Å². The summed E-state index contributed by atoms with van der Waals surface area (Å²) in [5.41, 5.74) is -0.995. The van der Waals surface area contributed by atoms with Crippen molar-refractivity contribution in [1.82, 2.24) is 34.7 Å². The molecule has 2 N–H and O–H groups in total. The normalized spacial score (nSPS) is 14.4. The van der Waals surface area contributed by atoms with Crippen LogP contribution in [0.25, 0.3) is 16.8 Å². The summed E-state index contributed by atoms with van der Waals surface area (Å²) in [6.45, 7) is 8.78. The third-order valence-electron chi connectivity index (χ3n) is 8.17. The summed E-state index contributed by atoms with van der Waals surface area (Å²) in [4.78, 5) is 18.5. The molecule has 0 saturated heterocycles. The van der Waals surface area contributed by atoms with Crippen molar-refractivity contribution in [2.24, 2.45) is 5.41 Å². The van der Waals surface area contributed by atoms with Crippen molar-refractivity contribution >= 4 is 40.1 Å². The molecule has 1 aliphatic carbocycles. The number of carbonyl (C=O) groups excluding carboxylic acids is 1. The highest BCUT2D eigenvalue weighted by Gasteiger charge is 2.46. The fraction of sp³-hybridized carbons (Fsp3) is 0.378. The zero-order valence-corrected chi connectivity index (χ0v) is 32.2. The Hall–Kier alpha value is -4.95. The maximum atomic E-state index is 14.9. The highest BCUT2D eigenvalue weighted by molar-refractivity contribution is 7.85. The van der Waals surface area contributed by atoms with Crippen molar-refractivity contribution in [3.05, 3.63) is 93.2 Å². The number of carbonyl (C=O) groups is 1. The summed E-state index contributed by atoms with van der Waals surface area (Å²) in [6, 6.07) is 7.93. The van der Waals surface area contributed by atoms with Gasteiger partial charge in [0.05, 0.1) is 11.7 Å². The van der Waals surface area contributed by atoms with Gasteiger partial charge >= 0.3 is 0 Å². The Labute approximate surface area is 320 Å². The van der Waals surface area contributed by atoms with Gasteiger partial charge in [0.25, 0.3) is 12.3 Å². The number of anilines is 1. The van der Waals surface area contributed by atoms with Crippen LogP contribution in [-0.4, -0.2) is 45.7 Å². The number of aromatic nitrogens is 6. The maximum Gasteiger partial charge on any atom is 0.290 e. The van der Waals surface area contributed by atoms with E-state index in [-0.39, 0.29) is 52.1 Å². The first-order valence-electron chi connectivity index (χ1n) is 17.1. The molecule has 55 heavy (non-hydrogen) atoms. The molecule has 18 heteroatoms. The van der Waals surface area contributed by atoms with Crippen LogP contribution in [0.2, 0.25) is 5.15 Å². The van der Waals surface area contributed by atoms with E-state index in [4.69, 9.17) is 16.6 Å². The quantitative estimate of drug-likeness (QED) is 0.0837. The molecule has 1 amide bonds. The van der Waals surface area contributed by atoms with Crippen LogP contribution in [0.3, 0.4) is 0 Å². The highest BCUT2D eigenvalue weighted by atomic mass is 35.5. The van der Waals surface area contributed by atoms with Crippen molar-refractivity contribution in [2.45, 2.75) is 78.8 Å². The number of hydrogen-bond donors (Lipinski definition) is 2. The van der Waals surface area contributed by atoms with E-state index in [2.05, 4.69) is 37.2 Å². The van der Waals surface area contributed by atoms with Gasteiger partial charge in [-0.25, -0.2) is 31.2 Å². The first-order chi connectivity index (χ1) is 25.9. The van der Waals surface area contributed by atoms with Gasteiger partial charge in [-0.05, 0) is 81.5 Å². The fourth-order valence-electron chi connectivity index (χ4n) is 6.08. The van der Waals surface area contributed by atoms with E-state index in [0.29, 0.717) is 21.9 Å². The minimum Gasteiger partial charge on any atom is -0.346 e. The third kappa shape index (κ3) is 9.30. The van der Waals surface area contributed by atoms with Gasteiger partial charge in [0.2, 0.25) is 11.9 Å². The summed E-state index contributed by atoms with van der Waals surface area (Å²) < 4.78 is 103. The molecule has 0 radical (unpaired) electrons. The maximum absolute atomic E-state index is 14.9. The van der Waals surface area contributed by atoms with Gasteiger partial charge in [-0.1, -0.05) is 31.4 Å². The molecule has 2 unspecified atom stereocenters. The van der Waals surface area contributed by atoms with E-state index in [1.165, 1.54) is 16.7 Å². The number of amides is 1. The third-order valence-corrected chi connectivity index (χ3v) is 8.93. The number of fused-ring (bicyclic) bond motifs is 2. The molecular formula is C37H37ClF6N8O2S. The Bertz CT molecular complexity index is 2310. The lowest BCUT2D eigenvalue weighted by atomic mass is 9.94. The number of nitrogens with one attached hydrogen (secondary N) is 2. The van der Waals surface area contributed by atoms with Crippen LogP contribution < -0.4 is 10.0 Å². The summed E-state index contributed by atoms with van der Waals surface area (Å²) in [5.74, 6) is -0.0892. The molecule has 0 saturated carbocycles. The number of pyridine rings is 2. The average molecular weight is 807 g/mol. The second-order valence-corrected chi connectivity index (χ2v) is 14.9. The number of halogens is 7. The van der Waals surface area contributed by atoms with E-state index >= 15 is 0 Å². The molecular weight excluding hydrogens is 770 g/mol. The SMILES string of the molecule is CC.CS(=O)Nc1nnc2c(-c3ccc(C#CC(C)(C)C)nc3C(Cc3cc(F)cc(F)c3)NC(=O)Cn3nc(C(F)F)c4c3C(F)(F)CC4)ccc(Cl)n12. The van der Waals surface area contributed by atoms with E-state index in [0.717, 1.165) is 12.1 Å². The Balaban J connectivity index is 0.00000285. The lowest BCUT2D eigenvalue weighted by Crippen LogP contribution is -2.35. The van der Waals surface area contributed by atoms with Crippen LogP contribution in [0.1, 0.15) is 87.4 Å². The van der Waals surface area contributed by atoms with Crippen LogP contribution in [0.4, 0.5) is 32.3 Å². The minimum absolute atomic E-state index is 0.0571. The van der Waals surface area contributed by atoms with Crippen LogP contribution >= 0.6 is 11.6 Å². The van der Waals surface area contributed by atoms with Crippen molar-refractivity contribution in [3.8, 4) is 23.0 Å². The van der Waals surface area contributed by atoms with Gasteiger partial charge in [-0.2, -0.15) is 13.9 Å². The van der Waals surface area contributed by atoms with Gasteiger partial charge in [0.15, 0.2) is 5.65 Å². The summed E-state index contributed by atoms with van der Waals surface area (Å²) in [5, 5.41) is 14.9. The Morgan fingerprint density at radius 3 is 2.35 bits per heavy atom. The molecule has 292 valence electrons. The average Bonchev–Trinajstić information content (AvgIpc) is 3.78. The van der Waals surface area contributed by atoms with Gasteiger partial charge in [-0.15, -0.1) is 10.2 Å². The van der Waals surface area contributed by atoms with Crippen molar-refractivity contribution in [1.29, 1.82) is 0 Å². The van der Waals surface area contributed by atoms with E-state index in [1.807, 2.05) is 34.6 Å². The number of nitrogens with zero attached hydrogens (tertiary/aromatic N) is 6. The van der Waals surface area contributed by atoms with Gasteiger partial charge < -0.3 is 5.32 Å². The Morgan fingerprint density at radius 1 is 1.04 bits per heavy atom. The zero-order valence-electron chi connectivity index (χ0n) is 30.6. The summed E-state index contributed by atoms with van der Waals surface area (Å²) >= 11 is 6.50. The zero-order chi connectivity index (χ0) is 40.4. The molecule has 0 spiro atoms. The van der Waals surface area contributed by atoms with E-state index in [9.17, 15) is 35.3 Å². The van der Waals surface area contributed by atoms with Crippen molar-refractivity contribution < 1.29 is 35.3 Å².